The Morgan fingerprint density at radius 3 is 2.47 bits per heavy atom. The third kappa shape index (κ3) is 3.42. The van der Waals surface area contributed by atoms with Crippen molar-refractivity contribution >= 4 is 5.97 Å². The highest BCUT2D eigenvalue weighted by atomic mass is 16.6. The van der Waals surface area contributed by atoms with Crippen molar-refractivity contribution < 1.29 is 29.6 Å². The third-order valence-electron chi connectivity index (χ3n) is 2.07. The maximum absolute atomic E-state index is 10.8. The predicted molar refractivity (Wildman–Crippen MR) is 48.8 cm³/mol. The van der Waals surface area contributed by atoms with E-state index in [0.717, 1.165) is 0 Å². The molecule has 3 N–H and O–H groups in total. The van der Waals surface area contributed by atoms with Crippen LogP contribution in [0.4, 0.5) is 0 Å². The topological polar surface area (TPSA) is 96.2 Å². The van der Waals surface area contributed by atoms with Crippen LogP contribution in [0.15, 0.2) is 0 Å². The fourth-order valence-corrected chi connectivity index (χ4v) is 1.29. The van der Waals surface area contributed by atoms with Gasteiger partial charge in [0, 0.05) is 6.42 Å². The molecule has 3 atom stereocenters. The lowest BCUT2D eigenvalue weighted by Gasteiger charge is -2.20. The number of hydrogen-bond acceptors (Lipinski definition) is 6. The van der Waals surface area contributed by atoms with Crippen LogP contribution in [0, 0.1) is 0 Å². The fourth-order valence-electron chi connectivity index (χ4n) is 1.29. The Hall–Kier alpha value is -0.690. The zero-order valence-corrected chi connectivity index (χ0v) is 8.71. The van der Waals surface area contributed by atoms with Crippen molar-refractivity contribution in [2.75, 3.05) is 6.61 Å². The minimum Gasteiger partial charge on any atom is -0.457 e. The quantitative estimate of drug-likeness (QED) is 0.405. The van der Waals surface area contributed by atoms with E-state index >= 15 is 0 Å². The number of cyclic esters (lactones) is 1. The monoisotopic (exact) mass is 220 g/mol. The summed E-state index contributed by atoms with van der Waals surface area (Å²) in [4.78, 5) is 10.8. The van der Waals surface area contributed by atoms with E-state index in [0.29, 0.717) is 0 Å². The molecule has 0 aromatic carbocycles. The molecule has 6 heteroatoms. The van der Waals surface area contributed by atoms with Gasteiger partial charge in [0.15, 0.2) is 11.9 Å². The first-order valence-corrected chi connectivity index (χ1v) is 4.74. The largest absolute Gasteiger partial charge is 0.457 e. The summed E-state index contributed by atoms with van der Waals surface area (Å²) in [6.45, 7) is 3.07. The van der Waals surface area contributed by atoms with E-state index in [4.69, 9.17) is 14.6 Å². The molecule has 0 spiro atoms. The van der Waals surface area contributed by atoms with Crippen molar-refractivity contribution in [1.29, 1.82) is 0 Å². The standard InChI is InChI=1S/C9H16O6/c1-9(2,13)14-4-3-5-6(10)7(11)8(12)15-5/h5-7,10-11,13H,3-4H2,1-2H3. The highest BCUT2D eigenvalue weighted by Crippen LogP contribution is 2.19. The minimum atomic E-state index is -1.47. The highest BCUT2D eigenvalue weighted by Gasteiger charge is 2.42. The van der Waals surface area contributed by atoms with Gasteiger partial charge in [-0.25, -0.2) is 4.79 Å². The van der Waals surface area contributed by atoms with Gasteiger partial charge in [0.05, 0.1) is 6.61 Å². The van der Waals surface area contributed by atoms with E-state index in [1.807, 2.05) is 0 Å². The van der Waals surface area contributed by atoms with Gasteiger partial charge in [-0.2, -0.15) is 0 Å². The molecule has 0 saturated carbocycles. The summed E-state index contributed by atoms with van der Waals surface area (Å²) in [7, 11) is 0. The van der Waals surface area contributed by atoms with Gasteiger partial charge in [-0.3, -0.25) is 0 Å². The molecule has 0 aromatic heterocycles. The second-order valence-corrected chi connectivity index (χ2v) is 3.99. The van der Waals surface area contributed by atoms with E-state index < -0.39 is 30.1 Å². The number of esters is 1. The number of aliphatic hydroxyl groups excluding tert-OH is 2. The fraction of sp³-hybridized carbons (Fsp3) is 0.889. The molecule has 0 radical (unpaired) electrons. The molecule has 1 rings (SSSR count). The number of hydrogen-bond donors (Lipinski definition) is 3. The normalized spacial score (nSPS) is 31.8. The van der Waals surface area contributed by atoms with Crippen molar-refractivity contribution in [2.45, 2.75) is 44.4 Å². The Labute approximate surface area is 87.4 Å². The van der Waals surface area contributed by atoms with E-state index in [-0.39, 0.29) is 13.0 Å². The Balaban J connectivity index is 2.32. The number of carbonyl (C=O) groups excluding carboxylic acids is 1. The van der Waals surface area contributed by atoms with Crippen LogP contribution in [0.2, 0.25) is 0 Å². The molecule has 1 aliphatic rings. The second-order valence-electron chi connectivity index (χ2n) is 3.99. The summed E-state index contributed by atoms with van der Waals surface area (Å²) in [5.74, 6) is -2.08. The lowest BCUT2D eigenvalue weighted by molar-refractivity contribution is -0.181. The third-order valence-corrected chi connectivity index (χ3v) is 2.07. The summed E-state index contributed by atoms with van der Waals surface area (Å²) in [6.07, 6.45) is -3.23. The van der Waals surface area contributed by atoms with Gasteiger partial charge >= 0.3 is 5.97 Å². The summed E-state index contributed by atoms with van der Waals surface area (Å²) in [5, 5.41) is 27.6. The van der Waals surface area contributed by atoms with E-state index in [2.05, 4.69) is 0 Å². The van der Waals surface area contributed by atoms with Crippen LogP contribution < -0.4 is 0 Å². The van der Waals surface area contributed by atoms with E-state index in [1.54, 1.807) is 0 Å². The number of aliphatic hydroxyl groups is 3. The van der Waals surface area contributed by atoms with Crippen molar-refractivity contribution in [3.63, 3.8) is 0 Å². The number of carbonyl (C=O) groups is 1. The second kappa shape index (κ2) is 4.44. The average Bonchev–Trinajstić information content (AvgIpc) is 2.32. The molecule has 0 aliphatic carbocycles. The van der Waals surface area contributed by atoms with Crippen LogP contribution >= 0.6 is 0 Å². The maximum atomic E-state index is 10.8. The van der Waals surface area contributed by atoms with Gasteiger partial charge in [0.25, 0.3) is 0 Å². The van der Waals surface area contributed by atoms with Crippen molar-refractivity contribution in [3.8, 4) is 0 Å². The van der Waals surface area contributed by atoms with E-state index in [9.17, 15) is 15.0 Å². The maximum Gasteiger partial charge on any atom is 0.338 e. The van der Waals surface area contributed by atoms with Gasteiger partial charge in [-0.15, -0.1) is 0 Å². The smallest absolute Gasteiger partial charge is 0.338 e. The summed E-state index contributed by atoms with van der Waals surface area (Å²) in [6, 6.07) is 0. The predicted octanol–water partition coefficient (Wildman–Crippen LogP) is -1.23. The molecule has 0 amide bonds. The molecular weight excluding hydrogens is 204 g/mol. The van der Waals surface area contributed by atoms with Gasteiger partial charge in [-0.05, 0) is 13.8 Å². The van der Waals surface area contributed by atoms with Crippen LogP contribution in [-0.4, -0.2) is 52.0 Å². The van der Waals surface area contributed by atoms with Gasteiger partial charge in [0.1, 0.15) is 12.2 Å². The lowest BCUT2D eigenvalue weighted by Crippen LogP contribution is -2.32. The average molecular weight is 220 g/mol. The lowest BCUT2D eigenvalue weighted by atomic mass is 10.1. The highest BCUT2D eigenvalue weighted by molar-refractivity contribution is 5.77. The molecule has 3 unspecified atom stereocenters. The molecule has 1 fully saturated rings. The van der Waals surface area contributed by atoms with Gasteiger partial charge < -0.3 is 24.8 Å². The molecular formula is C9H16O6. The van der Waals surface area contributed by atoms with Crippen LogP contribution in [-0.2, 0) is 14.3 Å². The first kappa shape index (κ1) is 12.4. The van der Waals surface area contributed by atoms with Crippen LogP contribution in [0.1, 0.15) is 20.3 Å². The van der Waals surface area contributed by atoms with Crippen LogP contribution in [0.3, 0.4) is 0 Å². The first-order chi connectivity index (χ1) is 6.81. The number of rotatable bonds is 4. The Morgan fingerprint density at radius 2 is 2.07 bits per heavy atom. The summed E-state index contributed by atoms with van der Waals surface area (Å²) < 4.78 is 9.68. The first-order valence-electron chi connectivity index (χ1n) is 4.74. The molecule has 15 heavy (non-hydrogen) atoms. The molecule has 0 aromatic rings. The molecule has 88 valence electrons. The van der Waals surface area contributed by atoms with Crippen molar-refractivity contribution in [2.24, 2.45) is 0 Å². The summed E-state index contributed by atoms with van der Waals surface area (Å²) in [5.41, 5.74) is 0. The minimum absolute atomic E-state index is 0.130. The summed E-state index contributed by atoms with van der Waals surface area (Å²) >= 11 is 0. The Bertz CT molecular complexity index is 233. The van der Waals surface area contributed by atoms with Crippen LogP contribution in [0.5, 0.6) is 0 Å². The number of ether oxygens (including phenoxy) is 2. The van der Waals surface area contributed by atoms with Crippen molar-refractivity contribution in [1.82, 2.24) is 0 Å². The molecule has 6 nitrogen and oxygen atoms in total. The zero-order valence-electron chi connectivity index (χ0n) is 8.71. The van der Waals surface area contributed by atoms with Gasteiger partial charge in [-0.1, -0.05) is 0 Å². The molecule has 1 aliphatic heterocycles. The molecule has 1 heterocycles. The SMILES string of the molecule is CC(C)(O)OCCC1OC(=O)C(O)C1O. The Morgan fingerprint density at radius 1 is 1.47 bits per heavy atom. The van der Waals surface area contributed by atoms with E-state index in [1.165, 1.54) is 13.8 Å². The molecule has 1 saturated heterocycles. The zero-order chi connectivity index (χ0) is 11.6. The Kier molecular flexibility index (Phi) is 3.67. The molecule has 0 bridgehead atoms. The van der Waals surface area contributed by atoms with Crippen molar-refractivity contribution in [3.05, 3.63) is 0 Å². The van der Waals surface area contributed by atoms with Crippen LogP contribution in [0.25, 0.3) is 0 Å². The van der Waals surface area contributed by atoms with Gasteiger partial charge in [0.2, 0.25) is 0 Å².